The Hall–Kier alpha value is -3.27. The molecule has 3 rings (SSSR count). The maximum atomic E-state index is 14.3. The summed E-state index contributed by atoms with van der Waals surface area (Å²) < 4.78 is 68.1. The van der Waals surface area contributed by atoms with Crippen molar-refractivity contribution in [2.24, 2.45) is 0 Å². The monoisotopic (exact) mass is 471 g/mol. The topological polar surface area (TPSA) is 65.5 Å². The van der Waals surface area contributed by atoms with E-state index in [2.05, 4.69) is 20.3 Å². The van der Waals surface area contributed by atoms with E-state index < -0.39 is 24.5 Å². The molecule has 1 heterocycles. The highest BCUT2D eigenvalue weighted by Gasteiger charge is 2.24. The summed E-state index contributed by atoms with van der Waals surface area (Å²) >= 11 is 5.93. The normalized spacial score (nSPS) is 11.9. The number of anilines is 1. The molecule has 6 nitrogen and oxygen atoms in total. The molecule has 170 valence electrons. The molecule has 11 heteroatoms. The van der Waals surface area contributed by atoms with Gasteiger partial charge in [0.15, 0.2) is 0 Å². The number of alkyl halides is 3. The molecule has 0 aliphatic heterocycles. The van der Waals surface area contributed by atoms with Gasteiger partial charge in [0.2, 0.25) is 0 Å². The van der Waals surface area contributed by atoms with E-state index in [1.807, 2.05) is 0 Å². The van der Waals surface area contributed by atoms with Gasteiger partial charge >= 0.3 is 6.43 Å². The van der Waals surface area contributed by atoms with Crippen molar-refractivity contribution in [1.29, 1.82) is 0 Å². The molecular formula is C21H18ClF4N3O3. The van der Waals surface area contributed by atoms with E-state index in [1.54, 1.807) is 18.2 Å². The van der Waals surface area contributed by atoms with Crippen LogP contribution in [0.4, 0.5) is 23.2 Å². The Kier molecular flexibility index (Phi) is 7.57. The molecule has 0 saturated heterocycles. The lowest BCUT2D eigenvalue weighted by Crippen LogP contribution is -2.21. The van der Waals surface area contributed by atoms with Crippen LogP contribution < -0.4 is 19.5 Å². The van der Waals surface area contributed by atoms with Gasteiger partial charge in [-0.2, -0.15) is 4.39 Å². The lowest BCUT2D eigenvalue weighted by Gasteiger charge is -2.16. The van der Waals surface area contributed by atoms with Gasteiger partial charge in [-0.25, -0.2) is 13.2 Å². The summed E-state index contributed by atoms with van der Waals surface area (Å²) in [5.74, 6) is -0.0953. The summed E-state index contributed by atoms with van der Waals surface area (Å²) in [6, 6.07) is 10.2. The number of ether oxygens (including phenoxy) is 3. The van der Waals surface area contributed by atoms with E-state index in [1.165, 1.54) is 32.4 Å². The quantitative estimate of drug-likeness (QED) is 0.415. The molecule has 0 spiro atoms. The van der Waals surface area contributed by atoms with Crippen molar-refractivity contribution in [2.75, 3.05) is 19.5 Å². The summed E-state index contributed by atoms with van der Waals surface area (Å²) in [5.41, 5.74) is 0.731. The molecule has 2 aromatic carbocycles. The molecule has 0 radical (unpaired) electrons. The first-order valence-corrected chi connectivity index (χ1v) is 9.57. The molecule has 1 aromatic heterocycles. The van der Waals surface area contributed by atoms with Gasteiger partial charge in [0.1, 0.15) is 23.0 Å². The van der Waals surface area contributed by atoms with Crippen molar-refractivity contribution in [3.8, 4) is 28.6 Å². The van der Waals surface area contributed by atoms with Gasteiger partial charge in [-0.3, -0.25) is 0 Å². The highest BCUT2D eigenvalue weighted by molar-refractivity contribution is 6.30. The Morgan fingerprint density at radius 3 is 2.47 bits per heavy atom. The van der Waals surface area contributed by atoms with E-state index >= 15 is 0 Å². The number of benzene rings is 2. The fraction of sp³-hybridized carbons (Fsp3) is 0.238. The Morgan fingerprint density at radius 1 is 1.00 bits per heavy atom. The van der Waals surface area contributed by atoms with Crippen LogP contribution in [-0.4, -0.2) is 37.2 Å². The zero-order chi connectivity index (χ0) is 23.3. The predicted octanol–water partition coefficient (Wildman–Crippen LogP) is 5.50. The van der Waals surface area contributed by atoms with Crippen LogP contribution in [0.15, 0.2) is 42.5 Å². The smallest absolute Gasteiger partial charge is 0.304 e. The molecule has 0 amide bonds. The third-order valence-electron chi connectivity index (χ3n) is 4.35. The molecule has 0 bridgehead atoms. The van der Waals surface area contributed by atoms with Crippen molar-refractivity contribution in [3.05, 3.63) is 58.9 Å². The summed E-state index contributed by atoms with van der Waals surface area (Å²) in [5, 5.41) is 10.6. The molecule has 3 aromatic rings. The largest absolute Gasteiger partial charge is 0.497 e. The number of methoxy groups -OCH3 is 2. The number of nitrogens with zero attached hydrogens (tertiary/aromatic N) is 2. The number of aromatic nitrogens is 2. The highest BCUT2D eigenvalue weighted by atomic mass is 35.5. The number of nitrogens with one attached hydrogen (secondary N) is 1. The first kappa shape index (κ1) is 23.4. The van der Waals surface area contributed by atoms with Crippen LogP contribution in [-0.2, 0) is 6.54 Å². The highest BCUT2D eigenvalue weighted by Crippen LogP contribution is 2.32. The number of hydrogen-bond donors (Lipinski definition) is 1. The Balaban J connectivity index is 1.96. The minimum atomic E-state index is -3.39. The van der Waals surface area contributed by atoms with Gasteiger partial charge in [-0.05, 0) is 36.4 Å². The second-order valence-electron chi connectivity index (χ2n) is 6.41. The third kappa shape index (κ3) is 5.50. The van der Waals surface area contributed by atoms with Gasteiger partial charge in [0.25, 0.3) is 12.2 Å². The molecule has 32 heavy (non-hydrogen) atoms. The minimum Gasteiger partial charge on any atom is -0.497 e. The van der Waals surface area contributed by atoms with Gasteiger partial charge in [0, 0.05) is 28.8 Å². The average molecular weight is 472 g/mol. The van der Waals surface area contributed by atoms with Crippen molar-refractivity contribution < 1.29 is 31.8 Å². The van der Waals surface area contributed by atoms with E-state index in [9.17, 15) is 17.6 Å². The van der Waals surface area contributed by atoms with E-state index in [4.69, 9.17) is 21.1 Å². The second kappa shape index (κ2) is 10.4. The fourth-order valence-corrected chi connectivity index (χ4v) is 2.94. The van der Waals surface area contributed by atoms with E-state index in [-0.39, 0.29) is 28.5 Å². The molecule has 0 aliphatic rings. The van der Waals surface area contributed by atoms with Crippen LogP contribution >= 0.6 is 11.6 Å². The maximum Gasteiger partial charge on any atom is 0.304 e. The van der Waals surface area contributed by atoms with Gasteiger partial charge < -0.3 is 19.5 Å². The van der Waals surface area contributed by atoms with Crippen LogP contribution in [0.5, 0.6) is 17.4 Å². The first-order valence-electron chi connectivity index (χ1n) is 9.19. The average Bonchev–Trinajstić information content (AvgIpc) is 2.79. The summed E-state index contributed by atoms with van der Waals surface area (Å²) in [6.07, 6.45) is -6.31. The van der Waals surface area contributed by atoms with Crippen molar-refractivity contribution in [1.82, 2.24) is 10.2 Å². The molecule has 0 saturated carbocycles. The lowest BCUT2D eigenvalue weighted by atomic mass is 10.1. The van der Waals surface area contributed by atoms with Crippen LogP contribution in [0, 0.1) is 5.82 Å². The van der Waals surface area contributed by atoms with Crippen molar-refractivity contribution >= 4 is 17.3 Å². The zero-order valence-electron chi connectivity index (χ0n) is 16.9. The zero-order valence-corrected chi connectivity index (χ0v) is 17.7. The van der Waals surface area contributed by atoms with Crippen LogP contribution in [0.3, 0.4) is 0 Å². The van der Waals surface area contributed by atoms with Crippen molar-refractivity contribution in [2.45, 2.75) is 19.3 Å². The van der Waals surface area contributed by atoms with E-state index in [0.717, 1.165) is 6.07 Å². The Morgan fingerprint density at radius 2 is 1.78 bits per heavy atom. The van der Waals surface area contributed by atoms with Gasteiger partial charge in [-0.15, -0.1) is 10.2 Å². The summed E-state index contributed by atoms with van der Waals surface area (Å²) in [4.78, 5) is 0. The van der Waals surface area contributed by atoms with Crippen LogP contribution in [0.2, 0.25) is 5.02 Å². The van der Waals surface area contributed by atoms with Crippen LogP contribution in [0.25, 0.3) is 11.3 Å². The number of hydrogen-bond acceptors (Lipinski definition) is 6. The Bertz CT molecular complexity index is 1090. The molecule has 1 N–H and O–H groups in total. The van der Waals surface area contributed by atoms with Crippen molar-refractivity contribution in [3.63, 3.8) is 0 Å². The van der Waals surface area contributed by atoms with Gasteiger partial charge in [-0.1, -0.05) is 11.6 Å². The molecule has 1 unspecified atom stereocenters. The van der Waals surface area contributed by atoms with Gasteiger partial charge in [0.05, 0.1) is 19.9 Å². The lowest BCUT2D eigenvalue weighted by molar-refractivity contribution is -0.0690. The minimum absolute atomic E-state index is 0.00977. The number of rotatable bonds is 9. The maximum absolute atomic E-state index is 14.3. The van der Waals surface area contributed by atoms with Crippen LogP contribution in [0.1, 0.15) is 5.56 Å². The summed E-state index contributed by atoms with van der Waals surface area (Å²) in [6.45, 7) is 0.109. The first-order chi connectivity index (χ1) is 15.3. The number of halogens is 5. The summed E-state index contributed by atoms with van der Waals surface area (Å²) in [7, 11) is 2.98. The molecular weight excluding hydrogens is 454 g/mol. The second-order valence-corrected chi connectivity index (χ2v) is 6.84. The molecule has 0 aliphatic carbocycles. The standard InChI is InChI=1S/C21H18ClF4N3O3/c1-30-13-5-3-11(18(8-13)31-2)10-27-17-9-16(14-7-12(22)4-6-15(14)23)28-29-21(17)32-20(26)19(24)25/h3-9,19-20H,10H2,1-2H3,(H,27,28). The SMILES string of the molecule is COc1ccc(CNc2cc(-c3cc(Cl)ccc3F)nnc2OC(F)C(F)F)c(OC)c1. The van der Waals surface area contributed by atoms with E-state index in [0.29, 0.717) is 17.1 Å². The Labute approximate surface area is 186 Å². The fourth-order valence-electron chi connectivity index (χ4n) is 2.77. The third-order valence-corrected chi connectivity index (χ3v) is 4.59. The molecule has 1 atom stereocenters. The predicted molar refractivity (Wildman–Crippen MR) is 111 cm³/mol. The molecule has 0 fully saturated rings.